The molecule has 0 bridgehead atoms. The first-order valence-electron chi connectivity index (χ1n) is 6.55. The van der Waals surface area contributed by atoms with E-state index in [0.29, 0.717) is 12.0 Å². The van der Waals surface area contributed by atoms with Crippen LogP contribution in [0.15, 0.2) is 24.3 Å². The SMILES string of the molecule is c1cc(C2COCCN2)ccc1C1CCNC1. The summed E-state index contributed by atoms with van der Waals surface area (Å²) in [5.74, 6) is 0.708. The molecule has 92 valence electrons. The standard InChI is InChI=1S/C14H20N2O/c1-3-12(14-10-17-8-7-16-14)4-2-11(1)13-5-6-15-9-13/h1-4,13-16H,5-10H2. The Hall–Kier alpha value is -0.900. The normalized spacial score (nSPS) is 29.4. The van der Waals surface area contributed by atoms with Crippen LogP contribution >= 0.6 is 0 Å². The molecule has 2 unspecified atom stereocenters. The first-order valence-corrected chi connectivity index (χ1v) is 6.55. The van der Waals surface area contributed by atoms with Crippen molar-refractivity contribution >= 4 is 0 Å². The highest BCUT2D eigenvalue weighted by atomic mass is 16.5. The number of nitrogens with one attached hydrogen (secondary N) is 2. The van der Waals surface area contributed by atoms with Gasteiger partial charge in [-0.25, -0.2) is 0 Å². The van der Waals surface area contributed by atoms with Gasteiger partial charge in [-0.2, -0.15) is 0 Å². The monoisotopic (exact) mass is 232 g/mol. The van der Waals surface area contributed by atoms with Crippen molar-refractivity contribution in [2.24, 2.45) is 0 Å². The largest absolute Gasteiger partial charge is 0.378 e. The van der Waals surface area contributed by atoms with Crippen molar-refractivity contribution in [1.29, 1.82) is 0 Å². The fraction of sp³-hybridized carbons (Fsp3) is 0.571. The van der Waals surface area contributed by atoms with Crippen molar-refractivity contribution in [1.82, 2.24) is 10.6 Å². The molecule has 0 spiro atoms. The Kier molecular flexibility index (Phi) is 3.41. The predicted molar refractivity (Wildman–Crippen MR) is 68.2 cm³/mol. The quantitative estimate of drug-likeness (QED) is 0.809. The third-order valence-electron chi connectivity index (χ3n) is 3.79. The van der Waals surface area contributed by atoms with Gasteiger partial charge in [0.15, 0.2) is 0 Å². The molecule has 0 aliphatic carbocycles. The summed E-state index contributed by atoms with van der Waals surface area (Å²) in [4.78, 5) is 0. The fourth-order valence-electron chi connectivity index (χ4n) is 2.72. The second kappa shape index (κ2) is 5.17. The summed E-state index contributed by atoms with van der Waals surface area (Å²) in [6, 6.07) is 9.44. The molecule has 2 aliphatic rings. The zero-order valence-corrected chi connectivity index (χ0v) is 10.1. The second-order valence-electron chi connectivity index (χ2n) is 4.94. The van der Waals surface area contributed by atoms with Gasteiger partial charge < -0.3 is 15.4 Å². The Balaban J connectivity index is 1.70. The highest BCUT2D eigenvalue weighted by molar-refractivity contribution is 5.28. The summed E-state index contributed by atoms with van der Waals surface area (Å²) < 4.78 is 5.49. The lowest BCUT2D eigenvalue weighted by atomic mass is 9.96. The minimum absolute atomic E-state index is 0.375. The maximum Gasteiger partial charge on any atom is 0.0662 e. The van der Waals surface area contributed by atoms with E-state index in [1.54, 1.807) is 0 Å². The zero-order chi connectivity index (χ0) is 11.5. The maximum atomic E-state index is 5.49. The smallest absolute Gasteiger partial charge is 0.0662 e. The predicted octanol–water partition coefficient (Wildman–Crippen LogP) is 1.42. The van der Waals surface area contributed by atoms with Gasteiger partial charge in [0, 0.05) is 13.1 Å². The van der Waals surface area contributed by atoms with E-state index >= 15 is 0 Å². The molecule has 1 aromatic carbocycles. The minimum atomic E-state index is 0.375. The Morgan fingerprint density at radius 3 is 2.53 bits per heavy atom. The number of benzene rings is 1. The first-order chi connectivity index (χ1) is 8.43. The lowest BCUT2D eigenvalue weighted by Gasteiger charge is -2.24. The van der Waals surface area contributed by atoms with E-state index in [4.69, 9.17) is 4.74 Å². The third kappa shape index (κ3) is 2.51. The van der Waals surface area contributed by atoms with E-state index in [2.05, 4.69) is 34.9 Å². The molecule has 0 aromatic heterocycles. The van der Waals surface area contributed by atoms with Gasteiger partial charge in [-0.15, -0.1) is 0 Å². The molecule has 3 nitrogen and oxygen atoms in total. The van der Waals surface area contributed by atoms with Crippen LogP contribution < -0.4 is 10.6 Å². The molecule has 3 rings (SSSR count). The Morgan fingerprint density at radius 2 is 1.88 bits per heavy atom. The molecule has 3 heteroatoms. The molecule has 2 heterocycles. The van der Waals surface area contributed by atoms with Gasteiger partial charge in [-0.1, -0.05) is 24.3 Å². The van der Waals surface area contributed by atoms with E-state index in [-0.39, 0.29) is 0 Å². The average molecular weight is 232 g/mol. The summed E-state index contributed by atoms with van der Waals surface area (Å²) in [5, 5.41) is 6.90. The summed E-state index contributed by atoms with van der Waals surface area (Å²) in [6.45, 7) is 4.88. The lowest BCUT2D eigenvalue weighted by molar-refractivity contribution is 0.0769. The van der Waals surface area contributed by atoms with Crippen LogP contribution in [0.1, 0.15) is 29.5 Å². The molecule has 0 saturated carbocycles. The Bertz CT molecular complexity index is 351. The van der Waals surface area contributed by atoms with Crippen LogP contribution in [0.3, 0.4) is 0 Å². The highest BCUT2D eigenvalue weighted by Crippen LogP contribution is 2.24. The highest BCUT2D eigenvalue weighted by Gasteiger charge is 2.18. The van der Waals surface area contributed by atoms with Gasteiger partial charge in [-0.3, -0.25) is 0 Å². The van der Waals surface area contributed by atoms with Gasteiger partial charge in [-0.05, 0) is 30.0 Å². The Morgan fingerprint density at radius 1 is 1.06 bits per heavy atom. The van der Waals surface area contributed by atoms with E-state index in [1.807, 2.05) is 0 Å². The molecule has 17 heavy (non-hydrogen) atoms. The number of hydrogen-bond acceptors (Lipinski definition) is 3. The first kappa shape index (κ1) is 11.2. The number of hydrogen-bond donors (Lipinski definition) is 2. The van der Waals surface area contributed by atoms with Crippen molar-refractivity contribution < 1.29 is 4.74 Å². The topological polar surface area (TPSA) is 33.3 Å². The summed E-state index contributed by atoms with van der Waals surface area (Å²) in [7, 11) is 0. The van der Waals surface area contributed by atoms with Crippen molar-refractivity contribution in [3.63, 3.8) is 0 Å². The van der Waals surface area contributed by atoms with E-state index in [1.165, 1.54) is 17.5 Å². The van der Waals surface area contributed by atoms with Gasteiger partial charge >= 0.3 is 0 Å². The maximum absolute atomic E-state index is 5.49. The van der Waals surface area contributed by atoms with Crippen LogP contribution in [-0.4, -0.2) is 32.8 Å². The van der Waals surface area contributed by atoms with Crippen LogP contribution in [0.25, 0.3) is 0 Å². The third-order valence-corrected chi connectivity index (χ3v) is 3.79. The molecule has 0 radical (unpaired) electrons. The van der Waals surface area contributed by atoms with Crippen LogP contribution in [0.5, 0.6) is 0 Å². The van der Waals surface area contributed by atoms with E-state index < -0.39 is 0 Å². The van der Waals surface area contributed by atoms with Crippen molar-refractivity contribution in [2.75, 3.05) is 32.8 Å². The summed E-state index contributed by atoms with van der Waals surface area (Å²) >= 11 is 0. The van der Waals surface area contributed by atoms with E-state index in [9.17, 15) is 0 Å². The second-order valence-corrected chi connectivity index (χ2v) is 4.94. The van der Waals surface area contributed by atoms with Gasteiger partial charge in [0.05, 0.1) is 19.3 Å². The van der Waals surface area contributed by atoms with E-state index in [0.717, 1.165) is 32.8 Å². The van der Waals surface area contributed by atoms with Crippen molar-refractivity contribution in [3.8, 4) is 0 Å². The molecule has 1 aromatic rings. The number of rotatable bonds is 2. The average Bonchev–Trinajstić information content (AvgIpc) is 2.94. The molecule has 2 saturated heterocycles. The molecule has 2 fully saturated rings. The fourth-order valence-corrected chi connectivity index (χ4v) is 2.72. The van der Waals surface area contributed by atoms with Gasteiger partial charge in [0.2, 0.25) is 0 Å². The molecule has 2 aliphatic heterocycles. The molecule has 2 N–H and O–H groups in total. The molecular formula is C14H20N2O. The van der Waals surface area contributed by atoms with Gasteiger partial charge in [0.1, 0.15) is 0 Å². The zero-order valence-electron chi connectivity index (χ0n) is 10.1. The number of ether oxygens (including phenoxy) is 1. The van der Waals surface area contributed by atoms with Crippen molar-refractivity contribution in [2.45, 2.75) is 18.4 Å². The number of morpholine rings is 1. The lowest BCUT2D eigenvalue weighted by Crippen LogP contribution is -2.34. The molecule has 2 atom stereocenters. The van der Waals surface area contributed by atoms with Gasteiger partial charge in [0.25, 0.3) is 0 Å². The Labute approximate surface area is 103 Å². The van der Waals surface area contributed by atoms with Crippen LogP contribution in [0, 0.1) is 0 Å². The minimum Gasteiger partial charge on any atom is -0.378 e. The molecular weight excluding hydrogens is 212 g/mol. The van der Waals surface area contributed by atoms with Crippen molar-refractivity contribution in [3.05, 3.63) is 35.4 Å². The summed E-state index contributed by atoms with van der Waals surface area (Å²) in [5.41, 5.74) is 2.81. The van der Waals surface area contributed by atoms with Crippen LogP contribution in [0.2, 0.25) is 0 Å². The van der Waals surface area contributed by atoms with Crippen LogP contribution in [0.4, 0.5) is 0 Å². The summed E-state index contributed by atoms with van der Waals surface area (Å²) in [6.07, 6.45) is 1.27. The van der Waals surface area contributed by atoms with Crippen LogP contribution in [-0.2, 0) is 4.74 Å². The molecule has 0 amide bonds.